The molecule has 1 N–H and O–H groups in total. The number of amides is 1. The first-order chi connectivity index (χ1) is 14.7. The molecule has 168 valence electrons. The number of pyridine rings is 1. The van der Waals surface area contributed by atoms with Gasteiger partial charge in [-0.1, -0.05) is 30.7 Å². The first-order valence-electron chi connectivity index (χ1n) is 10.5. The van der Waals surface area contributed by atoms with Gasteiger partial charge >= 0.3 is 6.09 Å². The van der Waals surface area contributed by atoms with E-state index in [1.165, 1.54) is 4.57 Å². The first-order valence-corrected chi connectivity index (χ1v) is 10.9. The van der Waals surface area contributed by atoms with Crippen LogP contribution in [0.4, 0.5) is 4.79 Å². The highest BCUT2D eigenvalue weighted by atomic mass is 35.5. The van der Waals surface area contributed by atoms with Gasteiger partial charge in [0.15, 0.2) is 5.75 Å². The molecule has 8 heteroatoms. The third-order valence-electron chi connectivity index (χ3n) is 5.73. The Hall–Kier alpha value is -2.51. The zero-order valence-corrected chi connectivity index (χ0v) is 19.1. The average molecular weight is 448 g/mol. The van der Waals surface area contributed by atoms with Gasteiger partial charge in [-0.15, -0.1) is 0 Å². The highest BCUT2D eigenvalue weighted by Crippen LogP contribution is 2.19. The number of benzene rings is 1. The normalized spacial score (nSPS) is 15.2. The molecule has 2 aromatic rings. The molecule has 1 saturated heterocycles. The smallest absolute Gasteiger partial charge is 0.410 e. The number of carbonyl (C=O) groups is 1. The number of piperazine rings is 1. The predicted molar refractivity (Wildman–Crippen MR) is 121 cm³/mol. The van der Waals surface area contributed by atoms with Crippen LogP contribution in [0, 0.1) is 0 Å². The summed E-state index contributed by atoms with van der Waals surface area (Å²) in [5.41, 5.74) is 0.612. The molecule has 0 bridgehead atoms. The molecule has 1 aromatic carbocycles. The van der Waals surface area contributed by atoms with Crippen molar-refractivity contribution in [3.63, 3.8) is 0 Å². The van der Waals surface area contributed by atoms with E-state index in [4.69, 9.17) is 16.3 Å². The summed E-state index contributed by atoms with van der Waals surface area (Å²) in [5.74, 6) is -0.233. The summed E-state index contributed by atoms with van der Waals surface area (Å²) in [6.45, 7) is 8.99. The van der Waals surface area contributed by atoms with Crippen LogP contribution < -0.4 is 5.56 Å². The summed E-state index contributed by atoms with van der Waals surface area (Å²) in [7, 11) is 0. The molecule has 0 spiro atoms. The predicted octanol–water partition coefficient (Wildman–Crippen LogP) is 3.70. The highest BCUT2D eigenvalue weighted by molar-refractivity contribution is 6.30. The lowest BCUT2D eigenvalue weighted by atomic mass is 10.1. The highest BCUT2D eigenvalue weighted by Gasteiger charge is 2.27. The minimum absolute atomic E-state index is 0.233. The number of ether oxygens (including phenoxy) is 1. The summed E-state index contributed by atoms with van der Waals surface area (Å²) >= 11 is 5.90. The Morgan fingerprint density at radius 2 is 1.74 bits per heavy atom. The zero-order chi connectivity index (χ0) is 22.6. The largest absolute Gasteiger partial charge is 0.503 e. The van der Waals surface area contributed by atoms with Crippen molar-refractivity contribution in [2.45, 2.75) is 45.9 Å². The van der Waals surface area contributed by atoms with E-state index in [9.17, 15) is 14.7 Å². The maximum absolute atomic E-state index is 12.6. The van der Waals surface area contributed by atoms with E-state index in [1.54, 1.807) is 29.3 Å². The van der Waals surface area contributed by atoms with Crippen LogP contribution in [0.2, 0.25) is 5.02 Å². The van der Waals surface area contributed by atoms with Gasteiger partial charge in [-0.3, -0.25) is 9.69 Å². The topological polar surface area (TPSA) is 75.0 Å². The molecule has 0 aliphatic carbocycles. The molecule has 1 fully saturated rings. The zero-order valence-electron chi connectivity index (χ0n) is 18.3. The molecule has 0 saturated carbocycles. The molecule has 3 rings (SSSR count). The van der Waals surface area contributed by atoms with E-state index in [-0.39, 0.29) is 11.8 Å². The van der Waals surface area contributed by atoms with Crippen LogP contribution in [0.5, 0.6) is 5.75 Å². The number of aromatic nitrogens is 1. The Labute approximate surface area is 187 Å². The van der Waals surface area contributed by atoms with Crippen molar-refractivity contribution in [2.75, 3.05) is 26.2 Å². The van der Waals surface area contributed by atoms with Gasteiger partial charge < -0.3 is 19.3 Å². The van der Waals surface area contributed by atoms with Crippen molar-refractivity contribution in [3.05, 3.63) is 63.0 Å². The molecule has 0 radical (unpaired) electrons. The standard InChI is InChI=1S/C23H30ClN3O4/c1-4-23(2,3)31-22(30)26-13-11-25(12-14-26)16-18-9-10-27(21(29)20(18)28)15-17-5-7-19(24)8-6-17/h5-10,28H,4,11-16H2,1-3H3. The van der Waals surface area contributed by atoms with Gasteiger partial charge in [-0.25, -0.2) is 4.79 Å². The summed E-state index contributed by atoms with van der Waals surface area (Å²) in [6.07, 6.45) is 2.16. The summed E-state index contributed by atoms with van der Waals surface area (Å²) in [6, 6.07) is 9.03. The van der Waals surface area contributed by atoms with Crippen molar-refractivity contribution in [1.29, 1.82) is 0 Å². The van der Waals surface area contributed by atoms with Gasteiger partial charge in [0.1, 0.15) is 5.60 Å². The molecular weight excluding hydrogens is 418 g/mol. The lowest BCUT2D eigenvalue weighted by Gasteiger charge is -2.36. The van der Waals surface area contributed by atoms with Crippen LogP contribution in [0.1, 0.15) is 38.3 Å². The van der Waals surface area contributed by atoms with Gasteiger partial charge in [-0.05, 0) is 44.0 Å². The van der Waals surface area contributed by atoms with Crippen molar-refractivity contribution >= 4 is 17.7 Å². The number of rotatable bonds is 6. The molecule has 1 amide bonds. The van der Waals surface area contributed by atoms with E-state index >= 15 is 0 Å². The van der Waals surface area contributed by atoms with Crippen LogP contribution in [0.3, 0.4) is 0 Å². The second-order valence-corrected chi connectivity index (χ2v) is 8.93. The van der Waals surface area contributed by atoms with Gasteiger partial charge in [0, 0.05) is 49.5 Å². The molecule has 1 aliphatic rings. The van der Waals surface area contributed by atoms with Crippen LogP contribution in [-0.2, 0) is 17.8 Å². The van der Waals surface area contributed by atoms with Gasteiger partial charge in [-0.2, -0.15) is 0 Å². The monoisotopic (exact) mass is 447 g/mol. The van der Waals surface area contributed by atoms with Gasteiger partial charge in [0.2, 0.25) is 0 Å². The van der Waals surface area contributed by atoms with Gasteiger partial charge in [0.05, 0.1) is 6.54 Å². The van der Waals surface area contributed by atoms with Gasteiger partial charge in [0.25, 0.3) is 5.56 Å². The Kier molecular flexibility index (Phi) is 7.28. The van der Waals surface area contributed by atoms with E-state index in [1.807, 2.05) is 32.9 Å². The molecule has 31 heavy (non-hydrogen) atoms. The second kappa shape index (κ2) is 9.75. The molecule has 2 heterocycles. The minimum atomic E-state index is -0.476. The van der Waals surface area contributed by atoms with E-state index in [0.717, 1.165) is 12.0 Å². The molecule has 7 nitrogen and oxygen atoms in total. The number of hydrogen-bond acceptors (Lipinski definition) is 5. The van der Waals surface area contributed by atoms with Crippen molar-refractivity contribution < 1.29 is 14.6 Å². The molecule has 0 unspecified atom stereocenters. The molecular formula is C23H30ClN3O4. The molecule has 1 aliphatic heterocycles. The fourth-order valence-corrected chi connectivity index (χ4v) is 3.47. The van der Waals surface area contributed by atoms with E-state index in [2.05, 4.69) is 4.90 Å². The fraction of sp³-hybridized carbons (Fsp3) is 0.478. The van der Waals surface area contributed by atoms with Crippen molar-refractivity contribution in [3.8, 4) is 5.75 Å². The Morgan fingerprint density at radius 1 is 1.10 bits per heavy atom. The quantitative estimate of drug-likeness (QED) is 0.730. The maximum Gasteiger partial charge on any atom is 0.410 e. The fourth-order valence-electron chi connectivity index (χ4n) is 3.34. The number of nitrogens with zero attached hydrogens (tertiary/aromatic N) is 3. The Morgan fingerprint density at radius 3 is 2.35 bits per heavy atom. The van der Waals surface area contributed by atoms with Crippen LogP contribution in [0.15, 0.2) is 41.3 Å². The maximum atomic E-state index is 12.6. The summed E-state index contributed by atoms with van der Waals surface area (Å²) in [5, 5.41) is 11.1. The van der Waals surface area contributed by atoms with Crippen LogP contribution >= 0.6 is 11.6 Å². The summed E-state index contributed by atoms with van der Waals surface area (Å²) in [4.78, 5) is 28.8. The Bertz CT molecular complexity index is 964. The van der Waals surface area contributed by atoms with Crippen LogP contribution in [0.25, 0.3) is 0 Å². The third kappa shape index (κ3) is 6.02. The number of carbonyl (C=O) groups excluding carboxylic acids is 1. The average Bonchev–Trinajstić information content (AvgIpc) is 2.75. The van der Waals surface area contributed by atoms with Crippen molar-refractivity contribution in [1.82, 2.24) is 14.4 Å². The van der Waals surface area contributed by atoms with Crippen molar-refractivity contribution in [2.24, 2.45) is 0 Å². The lowest BCUT2D eigenvalue weighted by molar-refractivity contribution is 0.00206. The van der Waals surface area contributed by atoms with Crippen LogP contribution in [-0.4, -0.2) is 57.3 Å². The third-order valence-corrected chi connectivity index (χ3v) is 5.98. The summed E-state index contributed by atoms with van der Waals surface area (Å²) < 4.78 is 7.04. The first kappa shape index (κ1) is 23.2. The number of halogens is 1. The lowest BCUT2D eigenvalue weighted by Crippen LogP contribution is -2.49. The number of aromatic hydroxyl groups is 1. The molecule has 1 aromatic heterocycles. The SMILES string of the molecule is CCC(C)(C)OC(=O)N1CCN(Cc2ccn(Cc3ccc(Cl)cc3)c(=O)c2O)CC1. The minimum Gasteiger partial charge on any atom is -0.503 e. The Balaban J connectivity index is 1.58. The number of hydrogen-bond donors (Lipinski definition) is 1. The van der Waals surface area contributed by atoms with E-state index in [0.29, 0.717) is 49.9 Å². The van der Waals surface area contributed by atoms with E-state index < -0.39 is 11.2 Å². The second-order valence-electron chi connectivity index (χ2n) is 8.49. The molecule has 0 atom stereocenters.